The SMILES string of the molecule is COC(=O)c1ccc(C(CNC(=O)OC(C)(C)C)S(=O)(=O)N(Cc2ccc(OC)cc2)c2ccc3cnccc3c2)cc1. The van der Waals surface area contributed by atoms with E-state index in [1.807, 2.05) is 12.1 Å². The number of carbonyl (C=O) groups excluding carboxylic acids is 2. The van der Waals surface area contributed by atoms with Crippen LogP contribution in [0.5, 0.6) is 5.75 Å². The Kier molecular flexibility index (Phi) is 9.55. The Hall–Kier alpha value is -4.64. The van der Waals surface area contributed by atoms with Crippen LogP contribution in [0, 0.1) is 0 Å². The molecule has 43 heavy (non-hydrogen) atoms. The molecule has 1 amide bonds. The van der Waals surface area contributed by atoms with E-state index >= 15 is 0 Å². The average molecular weight is 606 g/mol. The monoisotopic (exact) mass is 605 g/mol. The topological polar surface area (TPSA) is 124 Å². The van der Waals surface area contributed by atoms with Crippen molar-refractivity contribution in [2.75, 3.05) is 25.1 Å². The number of pyridine rings is 1. The number of anilines is 1. The second-order valence-corrected chi connectivity index (χ2v) is 12.8. The lowest BCUT2D eigenvalue weighted by molar-refractivity contribution is 0.0526. The van der Waals surface area contributed by atoms with Crippen LogP contribution in [-0.4, -0.2) is 51.8 Å². The van der Waals surface area contributed by atoms with Gasteiger partial charge < -0.3 is 19.5 Å². The third-order valence-electron chi connectivity index (χ3n) is 6.60. The molecule has 1 aromatic heterocycles. The van der Waals surface area contributed by atoms with E-state index in [0.717, 1.165) is 16.3 Å². The fraction of sp³-hybridized carbons (Fsp3) is 0.281. The van der Waals surface area contributed by atoms with Crippen molar-refractivity contribution < 1.29 is 32.2 Å². The second kappa shape index (κ2) is 13.1. The maximum absolute atomic E-state index is 14.7. The van der Waals surface area contributed by atoms with Crippen LogP contribution >= 0.6 is 0 Å². The Morgan fingerprint density at radius 3 is 2.26 bits per heavy atom. The zero-order valence-corrected chi connectivity index (χ0v) is 25.6. The molecule has 0 saturated carbocycles. The van der Waals surface area contributed by atoms with Crippen LogP contribution in [0.1, 0.15) is 47.5 Å². The number of amides is 1. The van der Waals surface area contributed by atoms with Crippen LogP contribution < -0.4 is 14.4 Å². The number of esters is 1. The summed E-state index contributed by atoms with van der Waals surface area (Å²) in [4.78, 5) is 28.8. The van der Waals surface area contributed by atoms with Crippen molar-refractivity contribution in [2.24, 2.45) is 0 Å². The minimum absolute atomic E-state index is 0.00605. The number of benzene rings is 3. The van der Waals surface area contributed by atoms with E-state index in [4.69, 9.17) is 14.2 Å². The van der Waals surface area contributed by atoms with Crippen LogP contribution in [0.4, 0.5) is 10.5 Å². The zero-order valence-electron chi connectivity index (χ0n) is 24.7. The highest BCUT2D eigenvalue weighted by Gasteiger charge is 2.35. The highest BCUT2D eigenvalue weighted by atomic mass is 32.2. The number of alkyl carbamates (subject to hydrolysis) is 1. The number of sulfonamides is 1. The Bertz CT molecular complexity index is 1680. The number of methoxy groups -OCH3 is 2. The Labute approximate surface area is 251 Å². The Morgan fingerprint density at radius 1 is 0.930 bits per heavy atom. The number of hydrogen-bond acceptors (Lipinski definition) is 8. The molecule has 1 heterocycles. The maximum atomic E-state index is 14.7. The lowest BCUT2D eigenvalue weighted by Crippen LogP contribution is -2.41. The lowest BCUT2D eigenvalue weighted by Gasteiger charge is -2.30. The van der Waals surface area contributed by atoms with E-state index in [1.165, 1.54) is 23.5 Å². The third kappa shape index (κ3) is 7.81. The lowest BCUT2D eigenvalue weighted by atomic mass is 10.1. The van der Waals surface area contributed by atoms with Crippen molar-refractivity contribution in [2.45, 2.75) is 38.2 Å². The molecular weight excluding hydrogens is 570 g/mol. The number of rotatable bonds is 10. The molecule has 0 saturated heterocycles. The second-order valence-electron chi connectivity index (χ2n) is 10.8. The molecule has 0 radical (unpaired) electrons. The molecule has 1 unspecified atom stereocenters. The van der Waals surface area contributed by atoms with Gasteiger partial charge >= 0.3 is 12.1 Å². The normalized spacial score (nSPS) is 12.3. The van der Waals surface area contributed by atoms with Crippen molar-refractivity contribution in [3.63, 3.8) is 0 Å². The summed E-state index contributed by atoms with van der Waals surface area (Å²) in [5.41, 5.74) is 1.01. The summed E-state index contributed by atoms with van der Waals surface area (Å²) in [6.07, 6.45) is 2.60. The molecule has 0 aliphatic heterocycles. The standard InChI is InChI=1S/C32H35N3O7S/c1-32(2,3)42-31(37)34-20-29(23-8-10-24(11-9-23)30(36)41-5)43(38,39)35(21-22-6-14-28(40-4)15-7-22)27-13-12-26-19-33-17-16-25(26)18-27/h6-19,29H,20-21H2,1-5H3,(H,34,37). The van der Waals surface area contributed by atoms with Gasteiger partial charge in [-0.15, -0.1) is 0 Å². The first-order valence-electron chi connectivity index (χ1n) is 13.5. The number of ether oxygens (including phenoxy) is 3. The largest absolute Gasteiger partial charge is 0.497 e. The average Bonchev–Trinajstić information content (AvgIpc) is 2.98. The maximum Gasteiger partial charge on any atom is 0.407 e. The predicted octanol–water partition coefficient (Wildman–Crippen LogP) is 5.63. The van der Waals surface area contributed by atoms with Crippen molar-refractivity contribution in [1.82, 2.24) is 10.3 Å². The van der Waals surface area contributed by atoms with E-state index < -0.39 is 32.9 Å². The number of nitrogens with one attached hydrogen (secondary N) is 1. The van der Waals surface area contributed by atoms with Gasteiger partial charge in [0.1, 0.15) is 16.6 Å². The number of aromatic nitrogens is 1. The molecular formula is C32H35N3O7S. The molecule has 4 rings (SSSR count). The summed E-state index contributed by atoms with van der Waals surface area (Å²) in [5, 5.41) is 3.06. The molecule has 11 heteroatoms. The van der Waals surface area contributed by atoms with Crippen molar-refractivity contribution in [3.05, 3.63) is 102 Å². The van der Waals surface area contributed by atoms with Crippen molar-refractivity contribution in [3.8, 4) is 5.75 Å². The van der Waals surface area contributed by atoms with Crippen LogP contribution in [0.3, 0.4) is 0 Å². The first kappa shape index (κ1) is 31.3. The summed E-state index contributed by atoms with van der Waals surface area (Å²) in [6, 6.07) is 20.3. The molecule has 226 valence electrons. The summed E-state index contributed by atoms with van der Waals surface area (Å²) < 4.78 is 46.1. The van der Waals surface area contributed by atoms with Gasteiger partial charge in [-0.2, -0.15) is 0 Å². The van der Waals surface area contributed by atoms with Gasteiger partial charge in [0, 0.05) is 24.3 Å². The van der Waals surface area contributed by atoms with Crippen molar-refractivity contribution >= 4 is 38.5 Å². The highest BCUT2D eigenvalue weighted by Crippen LogP contribution is 2.33. The quantitative estimate of drug-likeness (QED) is 0.231. The zero-order chi connectivity index (χ0) is 31.2. The highest BCUT2D eigenvalue weighted by molar-refractivity contribution is 7.93. The first-order chi connectivity index (χ1) is 20.4. The summed E-state index contributed by atoms with van der Waals surface area (Å²) in [7, 11) is -1.40. The van der Waals surface area contributed by atoms with E-state index in [0.29, 0.717) is 17.0 Å². The van der Waals surface area contributed by atoms with Gasteiger partial charge in [0.15, 0.2) is 0 Å². The van der Waals surface area contributed by atoms with E-state index in [-0.39, 0.29) is 18.7 Å². The van der Waals surface area contributed by atoms with Gasteiger partial charge in [0.25, 0.3) is 0 Å². The molecule has 0 aliphatic carbocycles. The molecule has 0 spiro atoms. The minimum Gasteiger partial charge on any atom is -0.497 e. The number of hydrogen-bond donors (Lipinski definition) is 1. The van der Waals surface area contributed by atoms with Crippen LogP contribution in [0.15, 0.2) is 85.2 Å². The Balaban J connectivity index is 1.80. The molecule has 3 aromatic carbocycles. The number of fused-ring (bicyclic) bond motifs is 1. The molecule has 4 aromatic rings. The van der Waals surface area contributed by atoms with E-state index in [9.17, 15) is 18.0 Å². The van der Waals surface area contributed by atoms with E-state index in [1.54, 1.807) is 88.8 Å². The van der Waals surface area contributed by atoms with Gasteiger partial charge in [-0.3, -0.25) is 9.29 Å². The van der Waals surface area contributed by atoms with Crippen LogP contribution in [0.25, 0.3) is 10.8 Å². The molecule has 1 N–H and O–H groups in total. The molecule has 0 bridgehead atoms. The van der Waals surface area contributed by atoms with Crippen molar-refractivity contribution in [1.29, 1.82) is 0 Å². The first-order valence-corrected chi connectivity index (χ1v) is 15.0. The molecule has 0 aliphatic rings. The fourth-order valence-corrected chi connectivity index (χ4v) is 6.28. The van der Waals surface area contributed by atoms with Crippen LogP contribution in [0.2, 0.25) is 0 Å². The van der Waals surface area contributed by atoms with Crippen LogP contribution in [-0.2, 0) is 26.0 Å². The summed E-state index contributed by atoms with van der Waals surface area (Å²) in [5.74, 6) is 0.0890. The number of carbonyl (C=O) groups is 2. The van der Waals surface area contributed by atoms with E-state index in [2.05, 4.69) is 10.3 Å². The van der Waals surface area contributed by atoms with Gasteiger partial charge in [0.05, 0.1) is 32.0 Å². The molecule has 10 nitrogen and oxygen atoms in total. The number of nitrogens with zero attached hydrogens (tertiary/aromatic N) is 2. The Morgan fingerprint density at radius 2 is 1.63 bits per heavy atom. The molecule has 0 fully saturated rings. The minimum atomic E-state index is -4.23. The smallest absolute Gasteiger partial charge is 0.407 e. The third-order valence-corrected chi connectivity index (χ3v) is 8.71. The van der Waals surface area contributed by atoms with Gasteiger partial charge in [0.2, 0.25) is 10.0 Å². The summed E-state index contributed by atoms with van der Waals surface area (Å²) >= 11 is 0. The summed E-state index contributed by atoms with van der Waals surface area (Å²) in [6.45, 7) is 4.88. The fourth-order valence-electron chi connectivity index (χ4n) is 4.44. The van der Waals surface area contributed by atoms with Gasteiger partial charge in [-0.05, 0) is 79.7 Å². The molecule has 1 atom stereocenters. The van der Waals surface area contributed by atoms with Gasteiger partial charge in [-0.25, -0.2) is 18.0 Å². The predicted molar refractivity (Wildman–Crippen MR) is 165 cm³/mol. The van der Waals surface area contributed by atoms with Gasteiger partial charge in [-0.1, -0.05) is 30.3 Å².